The number of ether oxygens (including phenoxy) is 1. The molecule has 2 amide bonds. The van der Waals surface area contributed by atoms with E-state index in [0.29, 0.717) is 5.41 Å². The Hall–Kier alpha value is -1.56. The second-order valence-corrected chi connectivity index (χ2v) is 6.72. The first kappa shape index (κ1) is 15.3. The van der Waals surface area contributed by atoms with E-state index in [4.69, 9.17) is 4.74 Å². The number of rotatable bonds is 2. The quantitative estimate of drug-likeness (QED) is 0.881. The number of nitrogens with one attached hydrogen (secondary N) is 2. The largest absolute Gasteiger partial charge is 0.381 e. The highest BCUT2D eigenvalue weighted by molar-refractivity contribution is 5.74. The molecule has 1 aromatic heterocycles. The number of imidazole rings is 1. The summed E-state index contributed by atoms with van der Waals surface area (Å²) in [6.07, 6.45) is 6.26. The maximum Gasteiger partial charge on any atom is 0.317 e. The standard InChI is InChI=1S/C16H26N4O2/c1-12-11-17-14(18-12)13(2)19-15(21)20-7-3-16(4-8-20)5-9-22-10-6-16/h11,13H,3-10H2,1-2H3,(H,17,18)(H,19,21)/t13-/m0/s1. The van der Waals surface area contributed by atoms with Gasteiger partial charge in [-0.1, -0.05) is 0 Å². The van der Waals surface area contributed by atoms with Crippen LogP contribution in [-0.4, -0.2) is 47.2 Å². The summed E-state index contributed by atoms with van der Waals surface area (Å²) in [5.41, 5.74) is 1.43. The van der Waals surface area contributed by atoms with Crippen molar-refractivity contribution in [2.24, 2.45) is 5.41 Å². The topological polar surface area (TPSA) is 70.2 Å². The van der Waals surface area contributed by atoms with Gasteiger partial charge in [0.25, 0.3) is 0 Å². The minimum atomic E-state index is -0.0971. The van der Waals surface area contributed by atoms with Crippen LogP contribution in [0.25, 0.3) is 0 Å². The lowest BCUT2D eigenvalue weighted by Crippen LogP contribution is -2.49. The molecule has 2 aliphatic heterocycles. The lowest BCUT2D eigenvalue weighted by molar-refractivity contribution is -0.0146. The van der Waals surface area contributed by atoms with Crippen LogP contribution in [-0.2, 0) is 4.74 Å². The molecule has 2 saturated heterocycles. The molecule has 0 saturated carbocycles. The van der Waals surface area contributed by atoms with Crippen molar-refractivity contribution in [1.82, 2.24) is 20.2 Å². The second-order valence-electron chi connectivity index (χ2n) is 6.72. The molecule has 22 heavy (non-hydrogen) atoms. The van der Waals surface area contributed by atoms with E-state index in [1.54, 1.807) is 6.20 Å². The molecule has 2 N–H and O–H groups in total. The molecule has 0 aliphatic carbocycles. The molecule has 1 spiro atoms. The molecule has 1 aromatic rings. The van der Waals surface area contributed by atoms with Gasteiger partial charge in [0.15, 0.2) is 0 Å². The summed E-state index contributed by atoms with van der Waals surface area (Å²) in [6.45, 7) is 7.36. The van der Waals surface area contributed by atoms with Gasteiger partial charge in [0.1, 0.15) is 5.82 Å². The second kappa shape index (κ2) is 6.28. The number of carbonyl (C=O) groups excluding carboxylic acids is 1. The van der Waals surface area contributed by atoms with E-state index in [0.717, 1.165) is 63.5 Å². The van der Waals surface area contributed by atoms with Crippen molar-refractivity contribution in [2.45, 2.75) is 45.6 Å². The summed E-state index contributed by atoms with van der Waals surface area (Å²) in [5.74, 6) is 0.809. The highest BCUT2D eigenvalue weighted by Crippen LogP contribution is 2.40. The van der Waals surface area contributed by atoms with Crippen molar-refractivity contribution in [3.8, 4) is 0 Å². The third-order valence-electron chi connectivity index (χ3n) is 5.14. The fraction of sp³-hybridized carbons (Fsp3) is 0.750. The van der Waals surface area contributed by atoms with Gasteiger partial charge in [-0.15, -0.1) is 0 Å². The summed E-state index contributed by atoms with van der Waals surface area (Å²) in [4.78, 5) is 21.8. The molecular weight excluding hydrogens is 280 g/mol. The Bertz CT molecular complexity index is 512. The van der Waals surface area contributed by atoms with Crippen LogP contribution in [0.1, 0.15) is 50.2 Å². The molecule has 0 radical (unpaired) electrons. The van der Waals surface area contributed by atoms with Crippen LogP contribution in [0, 0.1) is 12.3 Å². The Balaban J connectivity index is 1.51. The van der Waals surface area contributed by atoms with Crippen LogP contribution < -0.4 is 5.32 Å². The van der Waals surface area contributed by atoms with Crippen LogP contribution in [0.5, 0.6) is 0 Å². The third kappa shape index (κ3) is 3.27. The van der Waals surface area contributed by atoms with Gasteiger partial charge < -0.3 is 19.9 Å². The van der Waals surface area contributed by atoms with Crippen molar-refractivity contribution in [1.29, 1.82) is 0 Å². The molecule has 6 heteroatoms. The minimum Gasteiger partial charge on any atom is -0.381 e. The smallest absolute Gasteiger partial charge is 0.317 e. The van der Waals surface area contributed by atoms with Crippen molar-refractivity contribution in [3.05, 3.63) is 17.7 Å². The summed E-state index contributed by atoms with van der Waals surface area (Å²) >= 11 is 0. The number of carbonyl (C=O) groups is 1. The average molecular weight is 306 g/mol. The first-order valence-corrected chi connectivity index (χ1v) is 8.23. The number of hydrogen-bond acceptors (Lipinski definition) is 3. The number of H-pyrrole nitrogens is 1. The maximum absolute atomic E-state index is 12.4. The van der Waals surface area contributed by atoms with Crippen LogP contribution in [0.15, 0.2) is 6.20 Å². The molecule has 122 valence electrons. The van der Waals surface area contributed by atoms with Gasteiger partial charge in [0, 0.05) is 38.2 Å². The SMILES string of the molecule is Cc1cnc([C@H](C)NC(=O)N2CCC3(CCOCC3)CC2)[nH]1. The molecule has 0 unspecified atom stereocenters. The van der Waals surface area contributed by atoms with Gasteiger partial charge in [0.2, 0.25) is 0 Å². The van der Waals surface area contributed by atoms with Crippen LogP contribution in [0.4, 0.5) is 4.79 Å². The monoisotopic (exact) mass is 306 g/mol. The minimum absolute atomic E-state index is 0.0171. The average Bonchev–Trinajstić information content (AvgIpc) is 2.95. The van der Waals surface area contributed by atoms with E-state index in [1.807, 2.05) is 18.7 Å². The number of likely N-dealkylation sites (tertiary alicyclic amines) is 1. The molecule has 2 fully saturated rings. The van der Waals surface area contributed by atoms with E-state index >= 15 is 0 Å². The number of piperidine rings is 1. The molecule has 0 bridgehead atoms. The van der Waals surface area contributed by atoms with Gasteiger partial charge >= 0.3 is 6.03 Å². The lowest BCUT2D eigenvalue weighted by Gasteiger charge is -2.44. The molecular formula is C16H26N4O2. The van der Waals surface area contributed by atoms with Gasteiger partial charge in [-0.25, -0.2) is 9.78 Å². The van der Waals surface area contributed by atoms with E-state index in [-0.39, 0.29) is 12.1 Å². The highest BCUT2D eigenvalue weighted by atomic mass is 16.5. The van der Waals surface area contributed by atoms with Crippen LogP contribution in [0.2, 0.25) is 0 Å². The first-order valence-electron chi connectivity index (χ1n) is 8.23. The van der Waals surface area contributed by atoms with Gasteiger partial charge in [-0.05, 0) is 44.9 Å². The van der Waals surface area contributed by atoms with Crippen molar-refractivity contribution in [2.75, 3.05) is 26.3 Å². The zero-order valence-corrected chi connectivity index (χ0v) is 13.5. The fourth-order valence-electron chi connectivity index (χ4n) is 3.49. The van der Waals surface area contributed by atoms with E-state index in [9.17, 15) is 4.79 Å². The van der Waals surface area contributed by atoms with E-state index in [2.05, 4.69) is 15.3 Å². The summed E-state index contributed by atoms with van der Waals surface area (Å²) in [6, 6.07) is -0.0800. The Labute approximate surface area is 131 Å². The molecule has 3 heterocycles. The molecule has 2 aliphatic rings. The van der Waals surface area contributed by atoms with Gasteiger partial charge in [-0.2, -0.15) is 0 Å². The molecule has 1 atom stereocenters. The Kier molecular flexibility index (Phi) is 4.38. The summed E-state index contributed by atoms with van der Waals surface area (Å²) < 4.78 is 5.47. The molecule has 3 rings (SSSR count). The number of amides is 2. The zero-order chi connectivity index (χ0) is 15.6. The third-order valence-corrected chi connectivity index (χ3v) is 5.14. The first-order chi connectivity index (χ1) is 10.6. The van der Waals surface area contributed by atoms with Crippen LogP contribution >= 0.6 is 0 Å². The maximum atomic E-state index is 12.4. The predicted molar refractivity (Wildman–Crippen MR) is 83.6 cm³/mol. The Morgan fingerprint density at radius 3 is 2.64 bits per heavy atom. The van der Waals surface area contributed by atoms with E-state index < -0.39 is 0 Å². The normalized spacial score (nSPS) is 22.5. The zero-order valence-electron chi connectivity index (χ0n) is 13.5. The lowest BCUT2D eigenvalue weighted by atomic mass is 9.72. The molecule has 6 nitrogen and oxygen atoms in total. The number of hydrogen-bond donors (Lipinski definition) is 2. The predicted octanol–water partition coefficient (Wildman–Crippen LogP) is 2.38. The Morgan fingerprint density at radius 1 is 1.36 bits per heavy atom. The number of urea groups is 1. The van der Waals surface area contributed by atoms with Crippen molar-refractivity contribution >= 4 is 6.03 Å². The Morgan fingerprint density at radius 2 is 2.05 bits per heavy atom. The number of aromatic nitrogens is 2. The van der Waals surface area contributed by atoms with Crippen LogP contribution in [0.3, 0.4) is 0 Å². The van der Waals surface area contributed by atoms with E-state index in [1.165, 1.54) is 0 Å². The highest BCUT2D eigenvalue weighted by Gasteiger charge is 2.37. The fourth-order valence-corrected chi connectivity index (χ4v) is 3.49. The van der Waals surface area contributed by atoms with Gasteiger partial charge in [0.05, 0.1) is 6.04 Å². The molecule has 0 aromatic carbocycles. The summed E-state index contributed by atoms with van der Waals surface area (Å²) in [7, 11) is 0. The van der Waals surface area contributed by atoms with Gasteiger partial charge in [-0.3, -0.25) is 0 Å². The van der Waals surface area contributed by atoms with Crippen molar-refractivity contribution in [3.63, 3.8) is 0 Å². The van der Waals surface area contributed by atoms with Crippen molar-refractivity contribution < 1.29 is 9.53 Å². The number of aromatic amines is 1. The number of nitrogens with zero attached hydrogens (tertiary/aromatic N) is 2. The number of aryl methyl sites for hydroxylation is 1. The summed E-state index contributed by atoms with van der Waals surface area (Å²) in [5, 5.41) is 3.04.